The molecule has 0 saturated heterocycles. The molecule has 21 heavy (non-hydrogen) atoms. The van der Waals surface area contributed by atoms with Crippen LogP contribution in [0, 0.1) is 0 Å². The second kappa shape index (κ2) is 7.48. The zero-order valence-corrected chi connectivity index (χ0v) is 13.2. The van der Waals surface area contributed by atoms with Crippen LogP contribution in [0.1, 0.15) is 12.8 Å². The van der Waals surface area contributed by atoms with E-state index in [-0.39, 0.29) is 12.4 Å². The van der Waals surface area contributed by atoms with E-state index in [0.717, 1.165) is 40.4 Å². The summed E-state index contributed by atoms with van der Waals surface area (Å²) in [5.74, 6) is 1.58. The number of unbranched alkanes of at least 4 members (excludes halogenated alkanes) is 1. The maximum atomic E-state index is 5.87. The monoisotopic (exact) mass is 321 g/mol. The smallest absolute Gasteiger partial charge is 0.128 e. The highest BCUT2D eigenvalue weighted by atomic mass is 35.5. The Morgan fingerprint density at radius 3 is 2.62 bits per heavy atom. The molecule has 0 saturated carbocycles. The molecule has 2 nitrogen and oxygen atoms in total. The predicted molar refractivity (Wildman–Crippen MR) is 91.9 cm³/mol. The maximum absolute atomic E-state index is 5.87. The Hall–Kier alpha value is -1.51. The van der Waals surface area contributed by atoms with Crippen LogP contribution >= 0.6 is 24.0 Å². The van der Waals surface area contributed by atoms with Crippen LogP contribution in [0.5, 0.6) is 5.75 Å². The lowest BCUT2D eigenvalue weighted by Crippen LogP contribution is -1.98. The molecule has 0 amide bonds. The molecule has 2 aromatic carbocycles. The first-order valence-electron chi connectivity index (χ1n) is 6.86. The van der Waals surface area contributed by atoms with Crippen LogP contribution in [0.25, 0.3) is 21.8 Å². The van der Waals surface area contributed by atoms with Crippen molar-refractivity contribution in [1.29, 1.82) is 0 Å². The lowest BCUT2D eigenvalue weighted by atomic mass is 10.1. The van der Waals surface area contributed by atoms with E-state index in [4.69, 9.17) is 16.3 Å². The number of alkyl halides is 1. The van der Waals surface area contributed by atoms with Crippen molar-refractivity contribution in [2.45, 2.75) is 12.8 Å². The molecule has 1 aromatic heterocycles. The summed E-state index contributed by atoms with van der Waals surface area (Å²) >= 11 is 5.68. The second-order valence-electron chi connectivity index (χ2n) is 4.75. The molecule has 4 heteroatoms. The predicted octanol–water partition coefficient (Wildman–Crippen LogP) is 5.21. The third-order valence-corrected chi connectivity index (χ3v) is 3.57. The van der Waals surface area contributed by atoms with Crippen LogP contribution in [0.2, 0.25) is 0 Å². The number of halogens is 2. The average molecular weight is 322 g/mol. The number of hydrogen-bond acceptors (Lipinski definition) is 2. The number of aromatic nitrogens is 1. The van der Waals surface area contributed by atoms with Crippen molar-refractivity contribution in [3.8, 4) is 5.75 Å². The van der Waals surface area contributed by atoms with Gasteiger partial charge < -0.3 is 4.74 Å². The van der Waals surface area contributed by atoms with Crippen LogP contribution in [0.3, 0.4) is 0 Å². The Morgan fingerprint density at radius 1 is 0.952 bits per heavy atom. The van der Waals surface area contributed by atoms with Crippen molar-refractivity contribution in [3.05, 3.63) is 48.5 Å². The lowest BCUT2D eigenvalue weighted by molar-refractivity contribution is 0.313. The van der Waals surface area contributed by atoms with Crippen LogP contribution in [0.4, 0.5) is 0 Å². The van der Waals surface area contributed by atoms with Gasteiger partial charge >= 0.3 is 0 Å². The molecule has 3 rings (SSSR count). The Labute approximate surface area is 135 Å². The zero-order chi connectivity index (χ0) is 13.8. The van der Waals surface area contributed by atoms with E-state index < -0.39 is 0 Å². The quantitative estimate of drug-likeness (QED) is 0.365. The number of fused-ring (bicyclic) bond motifs is 2. The zero-order valence-electron chi connectivity index (χ0n) is 11.6. The van der Waals surface area contributed by atoms with Crippen molar-refractivity contribution in [2.24, 2.45) is 0 Å². The van der Waals surface area contributed by atoms with Gasteiger partial charge in [0.25, 0.3) is 0 Å². The van der Waals surface area contributed by atoms with Gasteiger partial charge in [0.15, 0.2) is 0 Å². The van der Waals surface area contributed by atoms with E-state index >= 15 is 0 Å². The number of rotatable bonds is 5. The number of para-hydroxylation sites is 1. The van der Waals surface area contributed by atoms with Crippen LogP contribution in [0.15, 0.2) is 48.5 Å². The largest absolute Gasteiger partial charge is 0.493 e. The molecule has 110 valence electrons. The molecule has 0 N–H and O–H groups in total. The van der Waals surface area contributed by atoms with Crippen molar-refractivity contribution < 1.29 is 4.74 Å². The Balaban J connectivity index is 0.00000161. The molecule has 0 radical (unpaired) electrons. The third-order valence-electron chi connectivity index (χ3n) is 3.31. The molecule has 0 unspecified atom stereocenters. The maximum Gasteiger partial charge on any atom is 0.128 e. The van der Waals surface area contributed by atoms with Gasteiger partial charge in [0.05, 0.1) is 17.6 Å². The summed E-state index contributed by atoms with van der Waals surface area (Å²) in [6.45, 7) is 0.693. The highest BCUT2D eigenvalue weighted by Crippen LogP contribution is 2.27. The molecular weight excluding hydrogens is 305 g/mol. The normalized spacial score (nSPS) is 10.5. The number of pyridine rings is 1. The minimum absolute atomic E-state index is 0. The van der Waals surface area contributed by atoms with Gasteiger partial charge in [0.1, 0.15) is 5.75 Å². The lowest BCUT2D eigenvalue weighted by Gasteiger charge is -2.09. The first-order valence-corrected chi connectivity index (χ1v) is 7.39. The van der Waals surface area contributed by atoms with E-state index in [9.17, 15) is 0 Å². The number of ether oxygens (including phenoxy) is 1. The Morgan fingerprint density at radius 2 is 1.76 bits per heavy atom. The summed E-state index contributed by atoms with van der Waals surface area (Å²) in [5.41, 5.74) is 1.98. The Bertz CT molecular complexity index is 730. The molecule has 0 fully saturated rings. The highest BCUT2D eigenvalue weighted by Gasteiger charge is 2.05. The number of nitrogens with zero attached hydrogens (tertiary/aromatic N) is 1. The van der Waals surface area contributed by atoms with Gasteiger partial charge in [-0.1, -0.05) is 24.3 Å². The van der Waals surface area contributed by atoms with Crippen LogP contribution in [-0.2, 0) is 0 Å². The molecule has 0 bridgehead atoms. The average Bonchev–Trinajstić information content (AvgIpc) is 2.50. The van der Waals surface area contributed by atoms with E-state index in [1.54, 1.807) is 0 Å². The Kier molecular flexibility index (Phi) is 5.66. The van der Waals surface area contributed by atoms with Crippen LogP contribution < -0.4 is 4.74 Å². The van der Waals surface area contributed by atoms with Gasteiger partial charge in [0.2, 0.25) is 0 Å². The first kappa shape index (κ1) is 15.9. The standard InChI is InChI=1S/C17H16ClNO.ClH/c18-10-3-4-11-20-17-9-5-8-16-14(17)12-13-6-1-2-7-15(13)19-16;/h1-2,5-9,12H,3-4,10-11H2;1H. The van der Waals surface area contributed by atoms with Crippen molar-refractivity contribution >= 4 is 45.8 Å². The fourth-order valence-corrected chi connectivity index (χ4v) is 2.47. The highest BCUT2D eigenvalue weighted by molar-refractivity contribution is 6.17. The molecular formula is C17H17Cl2NO. The van der Waals surface area contributed by atoms with Gasteiger partial charge in [-0.2, -0.15) is 0 Å². The van der Waals surface area contributed by atoms with E-state index in [1.807, 2.05) is 36.4 Å². The molecule has 0 aliphatic carbocycles. The molecule has 0 atom stereocenters. The molecule has 0 spiro atoms. The van der Waals surface area contributed by atoms with Crippen molar-refractivity contribution in [1.82, 2.24) is 4.98 Å². The van der Waals surface area contributed by atoms with Gasteiger partial charge in [-0.05, 0) is 37.1 Å². The van der Waals surface area contributed by atoms with Gasteiger partial charge in [0, 0.05) is 16.7 Å². The molecule has 3 aromatic rings. The third kappa shape index (κ3) is 3.58. The van der Waals surface area contributed by atoms with Crippen molar-refractivity contribution in [2.75, 3.05) is 12.5 Å². The van der Waals surface area contributed by atoms with E-state index in [2.05, 4.69) is 17.1 Å². The summed E-state index contributed by atoms with van der Waals surface area (Å²) in [6, 6.07) is 16.3. The molecule has 0 aliphatic rings. The van der Waals surface area contributed by atoms with Crippen LogP contribution in [-0.4, -0.2) is 17.5 Å². The molecule has 0 aliphatic heterocycles. The second-order valence-corrected chi connectivity index (χ2v) is 5.13. The summed E-state index contributed by atoms with van der Waals surface area (Å²) in [6.07, 6.45) is 1.95. The minimum atomic E-state index is 0. The topological polar surface area (TPSA) is 22.1 Å². The van der Waals surface area contributed by atoms with Gasteiger partial charge in [-0.15, -0.1) is 24.0 Å². The van der Waals surface area contributed by atoms with E-state index in [0.29, 0.717) is 12.5 Å². The fraction of sp³-hybridized carbons (Fsp3) is 0.235. The first-order chi connectivity index (χ1) is 9.88. The number of benzene rings is 2. The van der Waals surface area contributed by atoms with E-state index in [1.165, 1.54) is 0 Å². The molecule has 1 heterocycles. The SMILES string of the molecule is Cl.ClCCCCOc1cccc2nc3ccccc3cc12. The summed E-state index contributed by atoms with van der Waals surface area (Å²) in [5, 5.41) is 2.20. The summed E-state index contributed by atoms with van der Waals surface area (Å²) < 4.78 is 5.87. The summed E-state index contributed by atoms with van der Waals surface area (Å²) in [7, 11) is 0. The minimum Gasteiger partial charge on any atom is -0.493 e. The number of hydrogen-bond donors (Lipinski definition) is 0. The van der Waals surface area contributed by atoms with Gasteiger partial charge in [-0.3, -0.25) is 0 Å². The van der Waals surface area contributed by atoms with Gasteiger partial charge in [-0.25, -0.2) is 4.98 Å². The summed E-state index contributed by atoms with van der Waals surface area (Å²) in [4.78, 5) is 4.68. The van der Waals surface area contributed by atoms with Crippen molar-refractivity contribution in [3.63, 3.8) is 0 Å². The fourth-order valence-electron chi connectivity index (χ4n) is 2.28.